The summed E-state index contributed by atoms with van der Waals surface area (Å²) in [5, 5.41) is 12.7. The molecule has 0 unspecified atom stereocenters. The maximum absolute atomic E-state index is 8.40. The summed E-state index contributed by atoms with van der Waals surface area (Å²) in [5.74, 6) is 0.466. The zero-order chi connectivity index (χ0) is 16.2. The number of nitrogen functional groups attached to an aromatic ring is 1. The van der Waals surface area contributed by atoms with Crippen molar-refractivity contribution in [3.63, 3.8) is 0 Å². The zero-order valence-electron chi connectivity index (χ0n) is 13.2. The Kier molecular flexibility index (Phi) is 4.57. The fourth-order valence-corrected chi connectivity index (χ4v) is 2.44. The number of rotatable bonds is 0. The highest BCUT2D eigenvalue weighted by atomic mass is 16.5. The van der Waals surface area contributed by atoms with Crippen molar-refractivity contribution in [1.82, 2.24) is 14.8 Å². The first-order chi connectivity index (χ1) is 11.1. The highest BCUT2D eigenvalue weighted by Gasteiger charge is 2.14. The molecule has 0 saturated carbocycles. The van der Waals surface area contributed by atoms with E-state index in [1.165, 1.54) is 6.20 Å². The normalized spacial score (nSPS) is 19.5. The molecule has 0 aliphatic carbocycles. The molecule has 0 fully saturated rings. The minimum absolute atomic E-state index is 0.0146. The minimum Gasteiger partial charge on any atom is -0.475 e. The number of aromatic nitrogens is 3. The van der Waals surface area contributed by atoms with Gasteiger partial charge < -0.3 is 15.2 Å². The lowest BCUT2D eigenvalue weighted by Gasteiger charge is -2.15. The molecular weight excluding hydrogens is 294 g/mol. The van der Waals surface area contributed by atoms with Gasteiger partial charge in [0.15, 0.2) is 0 Å². The maximum atomic E-state index is 8.40. The molecule has 1 aliphatic heterocycles. The molecule has 0 saturated heterocycles. The van der Waals surface area contributed by atoms with Crippen LogP contribution in [0.1, 0.15) is 30.9 Å². The number of hydrogen-bond donors (Lipinski definition) is 2. The predicted octanol–water partition coefficient (Wildman–Crippen LogP) is 1.85. The van der Waals surface area contributed by atoms with Crippen LogP contribution >= 0.6 is 0 Å². The van der Waals surface area contributed by atoms with Crippen LogP contribution in [0.5, 0.6) is 5.88 Å². The van der Waals surface area contributed by atoms with Gasteiger partial charge in [0.1, 0.15) is 0 Å². The second kappa shape index (κ2) is 6.78. The van der Waals surface area contributed by atoms with Crippen molar-refractivity contribution in [3.05, 3.63) is 35.8 Å². The number of nitrogens with two attached hydrogens (primary N) is 1. The van der Waals surface area contributed by atoms with E-state index in [-0.39, 0.29) is 6.10 Å². The summed E-state index contributed by atoms with van der Waals surface area (Å²) in [6.07, 6.45) is 6.71. The van der Waals surface area contributed by atoms with Crippen molar-refractivity contribution >= 4 is 11.4 Å². The molecule has 2 aromatic rings. The summed E-state index contributed by atoms with van der Waals surface area (Å²) < 4.78 is 13.3. The third kappa shape index (κ3) is 3.68. The molecule has 3 heterocycles. The second-order valence-corrected chi connectivity index (χ2v) is 5.66. The molecule has 0 spiro atoms. The van der Waals surface area contributed by atoms with Gasteiger partial charge in [0, 0.05) is 43.0 Å². The Labute approximate surface area is 134 Å². The Bertz CT molecular complexity index is 698. The van der Waals surface area contributed by atoms with Crippen LogP contribution in [-0.2, 0) is 11.3 Å². The minimum atomic E-state index is -0.0146. The first-order valence-corrected chi connectivity index (χ1v) is 7.75. The molecule has 3 N–H and O–H groups in total. The molecule has 23 heavy (non-hydrogen) atoms. The topological polar surface area (TPSA) is 99.0 Å². The molecular formula is C16H21N5O2. The Balaban J connectivity index is 1.93. The van der Waals surface area contributed by atoms with Crippen LogP contribution in [-0.4, -0.2) is 39.8 Å². The highest BCUT2D eigenvalue weighted by Crippen LogP contribution is 2.21. The van der Waals surface area contributed by atoms with Crippen LogP contribution in [0, 0.1) is 5.41 Å². The molecule has 1 aliphatic rings. The second-order valence-electron chi connectivity index (χ2n) is 5.66. The van der Waals surface area contributed by atoms with Gasteiger partial charge in [-0.15, -0.1) is 0 Å². The van der Waals surface area contributed by atoms with E-state index in [0.29, 0.717) is 36.1 Å². The number of nitrogens with zero attached hydrogens (tertiary/aromatic N) is 3. The van der Waals surface area contributed by atoms with Gasteiger partial charge in [-0.25, -0.2) is 4.98 Å². The van der Waals surface area contributed by atoms with Crippen molar-refractivity contribution < 1.29 is 9.47 Å². The fraction of sp³-hybridized carbons (Fsp3) is 0.438. The quantitative estimate of drug-likeness (QED) is 0.773. The molecule has 3 rings (SSSR count). The molecule has 0 aromatic carbocycles. The van der Waals surface area contributed by atoms with Crippen LogP contribution in [0.4, 0.5) is 5.69 Å². The van der Waals surface area contributed by atoms with Gasteiger partial charge in [0.05, 0.1) is 36.5 Å². The maximum Gasteiger partial charge on any atom is 0.214 e. The van der Waals surface area contributed by atoms with Crippen LogP contribution in [0.25, 0.3) is 0 Å². The van der Waals surface area contributed by atoms with Gasteiger partial charge in [-0.2, -0.15) is 5.10 Å². The van der Waals surface area contributed by atoms with Gasteiger partial charge in [-0.05, 0) is 13.3 Å². The van der Waals surface area contributed by atoms with Crippen molar-refractivity contribution in [2.45, 2.75) is 32.4 Å². The Morgan fingerprint density at radius 3 is 3.09 bits per heavy atom. The summed E-state index contributed by atoms with van der Waals surface area (Å²) in [4.78, 5) is 4.20. The van der Waals surface area contributed by atoms with E-state index in [0.717, 1.165) is 24.9 Å². The van der Waals surface area contributed by atoms with Crippen molar-refractivity contribution in [1.29, 1.82) is 5.41 Å². The Morgan fingerprint density at radius 1 is 1.35 bits per heavy atom. The monoisotopic (exact) mass is 315 g/mol. The van der Waals surface area contributed by atoms with E-state index >= 15 is 0 Å². The number of nitrogens with one attached hydrogen (secondary N) is 1. The van der Waals surface area contributed by atoms with Gasteiger partial charge in [0.2, 0.25) is 5.88 Å². The Morgan fingerprint density at radius 2 is 2.22 bits per heavy atom. The average Bonchev–Trinajstić information content (AvgIpc) is 3.00. The van der Waals surface area contributed by atoms with Crippen molar-refractivity contribution in [2.24, 2.45) is 0 Å². The van der Waals surface area contributed by atoms with Gasteiger partial charge in [-0.3, -0.25) is 10.1 Å². The lowest BCUT2D eigenvalue weighted by molar-refractivity contribution is 0.0925. The van der Waals surface area contributed by atoms with Crippen LogP contribution in [0.2, 0.25) is 0 Å². The number of aryl methyl sites for hydroxylation is 1. The van der Waals surface area contributed by atoms with Gasteiger partial charge in [0.25, 0.3) is 0 Å². The number of anilines is 1. The summed E-state index contributed by atoms with van der Waals surface area (Å²) in [6, 6.07) is 1.71. The third-order valence-electron chi connectivity index (χ3n) is 3.77. The SMILES string of the molecule is C[C@@H]1CCOCCCn2cc(cn2)C(=N)c2cc(ncc2N)O1. The van der Waals surface area contributed by atoms with Crippen molar-refractivity contribution in [3.8, 4) is 5.88 Å². The van der Waals surface area contributed by atoms with E-state index in [4.69, 9.17) is 20.6 Å². The predicted molar refractivity (Wildman–Crippen MR) is 87.0 cm³/mol. The van der Waals surface area contributed by atoms with Crippen LogP contribution < -0.4 is 10.5 Å². The summed E-state index contributed by atoms with van der Waals surface area (Å²) >= 11 is 0. The number of ether oxygens (including phenoxy) is 2. The largest absolute Gasteiger partial charge is 0.475 e. The summed E-state index contributed by atoms with van der Waals surface area (Å²) in [7, 11) is 0. The molecule has 2 aromatic heterocycles. The standard InChI is InChI=1S/C16H21N5O2/c1-11-3-6-22-5-2-4-21-10-12(8-20-21)16(18)13-7-15(23-11)19-9-14(13)17/h7-11,18H,2-6,17H2,1H3/t11-/m1/s1. The lowest BCUT2D eigenvalue weighted by Crippen LogP contribution is -2.16. The molecule has 7 nitrogen and oxygen atoms in total. The first-order valence-electron chi connectivity index (χ1n) is 7.75. The van der Waals surface area contributed by atoms with Gasteiger partial charge >= 0.3 is 0 Å². The molecule has 1 atom stereocenters. The van der Waals surface area contributed by atoms with E-state index in [9.17, 15) is 0 Å². The number of pyridine rings is 1. The van der Waals surface area contributed by atoms with Gasteiger partial charge in [-0.1, -0.05) is 0 Å². The van der Waals surface area contributed by atoms with Crippen LogP contribution in [0.3, 0.4) is 0 Å². The summed E-state index contributed by atoms with van der Waals surface area (Å²) in [6.45, 7) is 4.06. The zero-order valence-corrected chi connectivity index (χ0v) is 13.2. The molecule has 7 heteroatoms. The smallest absolute Gasteiger partial charge is 0.214 e. The third-order valence-corrected chi connectivity index (χ3v) is 3.77. The Hall–Kier alpha value is -2.41. The van der Waals surface area contributed by atoms with E-state index in [2.05, 4.69) is 10.1 Å². The van der Waals surface area contributed by atoms with Crippen LogP contribution in [0.15, 0.2) is 24.7 Å². The van der Waals surface area contributed by atoms with E-state index in [1.807, 2.05) is 17.8 Å². The highest BCUT2D eigenvalue weighted by molar-refractivity contribution is 6.13. The number of fused-ring (bicyclic) bond motifs is 4. The molecule has 0 amide bonds. The summed E-state index contributed by atoms with van der Waals surface area (Å²) in [5.41, 5.74) is 8.08. The van der Waals surface area contributed by atoms with E-state index in [1.54, 1.807) is 12.3 Å². The fourth-order valence-electron chi connectivity index (χ4n) is 2.44. The number of hydrogen-bond acceptors (Lipinski definition) is 6. The van der Waals surface area contributed by atoms with Crippen molar-refractivity contribution in [2.75, 3.05) is 18.9 Å². The molecule has 4 bridgehead atoms. The lowest BCUT2D eigenvalue weighted by atomic mass is 10.1. The molecule has 122 valence electrons. The van der Waals surface area contributed by atoms with E-state index < -0.39 is 0 Å². The first kappa shape index (κ1) is 15.5. The average molecular weight is 315 g/mol. The molecule has 0 radical (unpaired) electrons.